The number of rotatable bonds is 5. The second-order valence-corrected chi connectivity index (χ2v) is 4.37. The number of nitrogens with one attached hydrogen (secondary N) is 1. The number of benzene rings is 1. The van der Waals surface area contributed by atoms with Gasteiger partial charge < -0.3 is 20.1 Å². The standard InChI is InChI=1S/C13H16N2O4/c1-9-2-3-11(10(8-9)12(16)17)19-7-6-15-5-4-14-13(15)18/h2-3,8H,4-7H2,1H3,(H,14,18)(H,16,17). The van der Waals surface area contributed by atoms with Gasteiger partial charge in [-0.1, -0.05) is 11.6 Å². The molecule has 0 aromatic heterocycles. The summed E-state index contributed by atoms with van der Waals surface area (Å²) in [5, 5.41) is 11.8. The minimum absolute atomic E-state index is 0.106. The van der Waals surface area contributed by atoms with Crippen molar-refractivity contribution in [1.82, 2.24) is 10.2 Å². The van der Waals surface area contributed by atoms with Crippen molar-refractivity contribution in [3.8, 4) is 5.75 Å². The van der Waals surface area contributed by atoms with Crippen LogP contribution in [0.25, 0.3) is 0 Å². The summed E-state index contributed by atoms with van der Waals surface area (Å²) >= 11 is 0. The maximum absolute atomic E-state index is 11.3. The molecule has 1 aliphatic rings. The average molecular weight is 264 g/mol. The van der Waals surface area contributed by atoms with Crippen molar-refractivity contribution in [2.24, 2.45) is 0 Å². The highest BCUT2D eigenvalue weighted by Gasteiger charge is 2.19. The molecule has 6 nitrogen and oxygen atoms in total. The van der Waals surface area contributed by atoms with Crippen molar-refractivity contribution < 1.29 is 19.4 Å². The number of amides is 2. The van der Waals surface area contributed by atoms with Gasteiger partial charge in [0.1, 0.15) is 17.9 Å². The number of nitrogens with zero attached hydrogens (tertiary/aromatic N) is 1. The molecule has 1 aliphatic heterocycles. The number of aryl methyl sites for hydroxylation is 1. The van der Waals surface area contributed by atoms with E-state index in [1.165, 1.54) is 0 Å². The lowest BCUT2D eigenvalue weighted by atomic mass is 10.1. The molecule has 0 spiro atoms. The van der Waals surface area contributed by atoms with Crippen LogP contribution in [0.2, 0.25) is 0 Å². The highest BCUT2D eigenvalue weighted by molar-refractivity contribution is 5.91. The number of carbonyl (C=O) groups excluding carboxylic acids is 1. The Labute approximate surface area is 111 Å². The molecule has 0 unspecified atom stereocenters. The second-order valence-electron chi connectivity index (χ2n) is 4.37. The Balaban J connectivity index is 1.95. The number of hydrogen-bond donors (Lipinski definition) is 2. The Morgan fingerprint density at radius 3 is 2.95 bits per heavy atom. The maximum atomic E-state index is 11.3. The van der Waals surface area contributed by atoms with Crippen LogP contribution in [-0.2, 0) is 0 Å². The zero-order valence-electron chi connectivity index (χ0n) is 10.7. The van der Waals surface area contributed by atoms with Gasteiger partial charge in [0.25, 0.3) is 0 Å². The van der Waals surface area contributed by atoms with Gasteiger partial charge in [0, 0.05) is 13.1 Å². The summed E-state index contributed by atoms with van der Waals surface area (Å²) in [6.45, 7) is 3.84. The van der Waals surface area contributed by atoms with E-state index < -0.39 is 5.97 Å². The summed E-state index contributed by atoms with van der Waals surface area (Å²) < 4.78 is 5.46. The first kappa shape index (κ1) is 13.2. The zero-order chi connectivity index (χ0) is 13.8. The van der Waals surface area contributed by atoms with Crippen LogP contribution < -0.4 is 10.1 Å². The summed E-state index contributed by atoms with van der Waals surface area (Å²) in [4.78, 5) is 24.0. The third-order valence-electron chi connectivity index (χ3n) is 2.93. The van der Waals surface area contributed by atoms with Crippen molar-refractivity contribution in [2.75, 3.05) is 26.2 Å². The predicted molar refractivity (Wildman–Crippen MR) is 68.6 cm³/mol. The fourth-order valence-electron chi connectivity index (χ4n) is 1.93. The van der Waals surface area contributed by atoms with Crippen LogP contribution in [0, 0.1) is 6.92 Å². The van der Waals surface area contributed by atoms with E-state index >= 15 is 0 Å². The molecule has 1 saturated heterocycles. The van der Waals surface area contributed by atoms with Gasteiger partial charge in [-0.25, -0.2) is 9.59 Å². The Kier molecular flexibility index (Phi) is 3.89. The van der Waals surface area contributed by atoms with E-state index in [2.05, 4.69) is 5.32 Å². The van der Waals surface area contributed by atoms with Gasteiger partial charge in [0.2, 0.25) is 0 Å². The van der Waals surface area contributed by atoms with Crippen LogP contribution >= 0.6 is 0 Å². The van der Waals surface area contributed by atoms with E-state index in [0.717, 1.165) is 5.56 Å². The number of carboxylic acid groups (broad SMARTS) is 1. The highest BCUT2D eigenvalue weighted by Crippen LogP contribution is 2.20. The van der Waals surface area contributed by atoms with Gasteiger partial charge in [0.05, 0.1) is 6.54 Å². The van der Waals surface area contributed by atoms with E-state index in [1.54, 1.807) is 23.1 Å². The summed E-state index contributed by atoms with van der Waals surface area (Å²) in [6, 6.07) is 4.90. The molecular weight excluding hydrogens is 248 g/mol. The normalized spacial score (nSPS) is 14.4. The summed E-state index contributed by atoms with van der Waals surface area (Å²) in [7, 11) is 0. The van der Waals surface area contributed by atoms with E-state index in [4.69, 9.17) is 9.84 Å². The van der Waals surface area contributed by atoms with Crippen LogP contribution in [0.3, 0.4) is 0 Å². The molecule has 0 radical (unpaired) electrons. The van der Waals surface area contributed by atoms with Gasteiger partial charge in [-0.05, 0) is 19.1 Å². The third-order valence-corrected chi connectivity index (χ3v) is 2.93. The molecule has 1 heterocycles. The third kappa shape index (κ3) is 3.15. The molecule has 2 N–H and O–H groups in total. The van der Waals surface area contributed by atoms with E-state index in [1.807, 2.05) is 6.92 Å². The van der Waals surface area contributed by atoms with Crippen molar-refractivity contribution in [3.63, 3.8) is 0 Å². The average Bonchev–Trinajstić information content (AvgIpc) is 2.77. The SMILES string of the molecule is Cc1ccc(OCCN2CCNC2=O)c(C(=O)O)c1. The Morgan fingerprint density at radius 2 is 2.32 bits per heavy atom. The number of carbonyl (C=O) groups is 2. The molecule has 0 bridgehead atoms. The molecule has 102 valence electrons. The highest BCUT2D eigenvalue weighted by atomic mass is 16.5. The van der Waals surface area contributed by atoms with E-state index in [0.29, 0.717) is 25.4 Å². The van der Waals surface area contributed by atoms with Crippen LogP contribution in [0.5, 0.6) is 5.75 Å². The first-order valence-corrected chi connectivity index (χ1v) is 6.07. The van der Waals surface area contributed by atoms with Crippen LogP contribution in [0.15, 0.2) is 18.2 Å². The first-order chi connectivity index (χ1) is 9.08. The number of carboxylic acids is 1. The summed E-state index contributed by atoms with van der Waals surface area (Å²) in [6.07, 6.45) is 0. The van der Waals surface area contributed by atoms with Gasteiger partial charge in [0.15, 0.2) is 0 Å². The largest absolute Gasteiger partial charge is 0.491 e. The lowest BCUT2D eigenvalue weighted by Crippen LogP contribution is -2.32. The van der Waals surface area contributed by atoms with Crippen LogP contribution in [-0.4, -0.2) is 48.2 Å². The monoisotopic (exact) mass is 264 g/mol. The molecule has 0 aliphatic carbocycles. The Morgan fingerprint density at radius 1 is 1.53 bits per heavy atom. The fraction of sp³-hybridized carbons (Fsp3) is 0.385. The molecule has 0 atom stereocenters. The minimum atomic E-state index is -1.02. The number of urea groups is 1. The smallest absolute Gasteiger partial charge is 0.339 e. The number of ether oxygens (including phenoxy) is 1. The van der Waals surface area contributed by atoms with Crippen LogP contribution in [0.4, 0.5) is 4.79 Å². The Bertz CT molecular complexity index is 501. The van der Waals surface area contributed by atoms with Gasteiger partial charge >= 0.3 is 12.0 Å². The van der Waals surface area contributed by atoms with Crippen molar-refractivity contribution >= 4 is 12.0 Å². The molecular formula is C13H16N2O4. The molecule has 1 aromatic rings. The van der Waals surface area contributed by atoms with E-state index in [-0.39, 0.29) is 18.2 Å². The van der Waals surface area contributed by atoms with Crippen molar-refractivity contribution in [3.05, 3.63) is 29.3 Å². The lowest BCUT2D eigenvalue weighted by molar-refractivity contribution is 0.0691. The van der Waals surface area contributed by atoms with Gasteiger partial charge in [-0.3, -0.25) is 0 Å². The molecule has 6 heteroatoms. The second kappa shape index (κ2) is 5.60. The number of hydrogen-bond acceptors (Lipinski definition) is 3. The quantitative estimate of drug-likeness (QED) is 0.834. The molecule has 0 saturated carbocycles. The van der Waals surface area contributed by atoms with Gasteiger partial charge in [-0.2, -0.15) is 0 Å². The van der Waals surface area contributed by atoms with E-state index in [9.17, 15) is 9.59 Å². The van der Waals surface area contributed by atoms with Crippen LogP contribution in [0.1, 0.15) is 15.9 Å². The molecule has 19 heavy (non-hydrogen) atoms. The molecule has 2 rings (SSSR count). The molecule has 2 amide bonds. The topological polar surface area (TPSA) is 78.9 Å². The maximum Gasteiger partial charge on any atom is 0.339 e. The lowest BCUT2D eigenvalue weighted by Gasteiger charge is -2.15. The molecule has 1 aromatic carbocycles. The molecule has 1 fully saturated rings. The first-order valence-electron chi connectivity index (χ1n) is 6.07. The zero-order valence-corrected chi connectivity index (χ0v) is 10.7. The van der Waals surface area contributed by atoms with Gasteiger partial charge in [-0.15, -0.1) is 0 Å². The fourth-order valence-corrected chi connectivity index (χ4v) is 1.93. The summed E-state index contributed by atoms with van der Waals surface area (Å²) in [5.41, 5.74) is 1.01. The Hall–Kier alpha value is -2.24. The number of aromatic carboxylic acids is 1. The van der Waals surface area contributed by atoms with Crippen molar-refractivity contribution in [2.45, 2.75) is 6.92 Å². The summed E-state index contributed by atoms with van der Waals surface area (Å²) in [5.74, 6) is -0.685. The minimum Gasteiger partial charge on any atom is -0.491 e. The van der Waals surface area contributed by atoms with Crippen molar-refractivity contribution in [1.29, 1.82) is 0 Å². The predicted octanol–water partition coefficient (Wildman–Crippen LogP) is 1.10.